The molecule has 0 aliphatic heterocycles. The number of rotatable bonds is 2. The van der Waals surface area contributed by atoms with Crippen LogP contribution in [0.1, 0.15) is 5.01 Å². The second-order valence-electron chi connectivity index (χ2n) is 1.71. The molecule has 1 rings (SSSR count). The average molecular weight is 194 g/mol. The lowest BCUT2D eigenvalue weighted by molar-refractivity contribution is 0.397. The van der Waals surface area contributed by atoms with Gasteiger partial charge in [0.1, 0.15) is 5.01 Å². The zero-order valence-electron chi connectivity index (χ0n) is 5.94. The minimum atomic E-state index is -3.63. The first kappa shape index (κ1) is 8.57. The van der Waals surface area contributed by atoms with Gasteiger partial charge in [-0.15, -0.1) is 10.2 Å². The smallest absolute Gasteiger partial charge is 0.268 e. The molecule has 0 aliphatic carbocycles. The SMILES string of the molecule is COS(=O)(=O)c1nnc(C)s1. The average Bonchev–Trinajstić information content (AvgIpc) is 2.36. The summed E-state index contributed by atoms with van der Waals surface area (Å²) in [5, 5.41) is 7.55. The summed E-state index contributed by atoms with van der Waals surface area (Å²) >= 11 is 0.984. The fraction of sp³-hybridized carbons (Fsp3) is 0.500. The summed E-state index contributed by atoms with van der Waals surface area (Å²) in [6.07, 6.45) is 0. The Morgan fingerprint density at radius 1 is 1.45 bits per heavy atom. The lowest BCUT2D eigenvalue weighted by Gasteiger charge is -1.91. The van der Waals surface area contributed by atoms with Gasteiger partial charge in [0.2, 0.25) is 0 Å². The van der Waals surface area contributed by atoms with Gasteiger partial charge in [0, 0.05) is 0 Å². The Morgan fingerprint density at radius 2 is 2.09 bits per heavy atom. The van der Waals surface area contributed by atoms with Crippen molar-refractivity contribution in [2.45, 2.75) is 11.3 Å². The minimum absolute atomic E-state index is 0.0995. The van der Waals surface area contributed by atoms with Crippen molar-refractivity contribution in [3.8, 4) is 0 Å². The van der Waals surface area contributed by atoms with Crippen LogP contribution in [-0.2, 0) is 14.3 Å². The zero-order valence-corrected chi connectivity index (χ0v) is 7.57. The molecule has 1 aromatic heterocycles. The Labute approximate surface area is 68.2 Å². The minimum Gasteiger partial charge on any atom is -0.268 e. The lowest BCUT2D eigenvalue weighted by Crippen LogP contribution is -2.01. The molecule has 0 N–H and O–H groups in total. The predicted octanol–water partition coefficient (Wildman–Crippen LogP) is 0.182. The highest BCUT2D eigenvalue weighted by Crippen LogP contribution is 2.15. The van der Waals surface area contributed by atoms with Crippen LogP contribution in [0.4, 0.5) is 0 Å². The molecule has 62 valence electrons. The van der Waals surface area contributed by atoms with Gasteiger partial charge in [-0.1, -0.05) is 11.3 Å². The number of nitrogens with zero attached hydrogens (tertiary/aromatic N) is 2. The summed E-state index contributed by atoms with van der Waals surface area (Å²) in [4.78, 5) is 0. The molecule has 1 heterocycles. The van der Waals surface area contributed by atoms with Crippen LogP contribution in [0.3, 0.4) is 0 Å². The third-order valence-corrected chi connectivity index (χ3v) is 3.38. The van der Waals surface area contributed by atoms with Crippen molar-refractivity contribution in [2.75, 3.05) is 7.11 Å². The predicted molar refractivity (Wildman–Crippen MR) is 38.8 cm³/mol. The quantitative estimate of drug-likeness (QED) is 0.628. The molecule has 1 aromatic rings. The topological polar surface area (TPSA) is 69.2 Å². The van der Waals surface area contributed by atoms with E-state index in [-0.39, 0.29) is 4.34 Å². The van der Waals surface area contributed by atoms with E-state index in [1.165, 1.54) is 0 Å². The summed E-state index contributed by atoms with van der Waals surface area (Å²) in [6.45, 7) is 1.67. The Balaban J connectivity index is 3.13. The first-order valence-corrected chi connectivity index (χ1v) is 4.89. The molecule has 0 unspecified atom stereocenters. The van der Waals surface area contributed by atoms with Gasteiger partial charge >= 0.3 is 10.1 Å². The molecule has 0 saturated carbocycles. The van der Waals surface area contributed by atoms with Crippen LogP contribution >= 0.6 is 11.3 Å². The van der Waals surface area contributed by atoms with E-state index in [0.717, 1.165) is 18.4 Å². The molecule has 0 aliphatic rings. The molecule has 11 heavy (non-hydrogen) atoms. The Kier molecular flexibility index (Phi) is 2.21. The summed E-state index contributed by atoms with van der Waals surface area (Å²) < 4.78 is 25.9. The standard InChI is InChI=1S/C4H6N2O3S2/c1-3-5-6-4(10-3)11(7,8)9-2/h1-2H3. The fourth-order valence-electron chi connectivity index (χ4n) is 0.451. The van der Waals surface area contributed by atoms with Gasteiger partial charge in [-0.05, 0) is 6.92 Å². The maximum Gasteiger partial charge on any atom is 0.326 e. The van der Waals surface area contributed by atoms with Crippen LogP contribution in [0.2, 0.25) is 0 Å². The van der Waals surface area contributed by atoms with E-state index in [1.807, 2.05) is 0 Å². The van der Waals surface area contributed by atoms with Crippen LogP contribution in [0, 0.1) is 6.92 Å². The molecule has 0 saturated heterocycles. The van der Waals surface area contributed by atoms with E-state index in [9.17, 15) is 8.42 Å². The molecule has 0 amide bonds. The van der Waals surface area contributed by atoms with E-state index in [1.54, 1.807) is 6.92 Å². The van der Waals surface area contributed by atoms with Gasteiger partial charge < -0.3 is 0 Å². The van der Waals surface area contributed by atoms with E-state index in [4.69, 9.17) is 0 Å². The van der Waals surface area contributed by atoms with E-state index in [2.05, 4.69) is 14.4 Å². The first-order valence-electron chi connectivity index (χ1n) is 2.67. The summed E-state index contributed by atoms with van der Waals surface area (Å²) in [5.41, 5.74) is 0. The summed E-state index contributed by atoms with van der Waals surface area (Å²) in [5.74, 6) is 0. The first-order chi connectivity index (χ1) is 5.06. The van der Waals surface area contributed by atoms with Crippen LogP contribution in [0.15, 0.2) is 4.34 Å². The highest BCUT2D eigenvalue weighted by atomic mass is 32.3. The number of aryl methyl sites for hydroxylation is 1. The van der Waals surface area contributed by atoms with Crippen molar-refractivity contribution < 1.29 is 12.6 Å². The highest BCUT2D eigenvalue weighted by molar-refractivity contribution is 7.88. The molecular weight excluding hydrogens is 188 g/mol. The van der Waals surface area contributed by atoms with Crippen molar-refractivity contribution >= 4 is 21.5 Å². The van der Waals surface area contributed by atoms with Crippen LogP contribution in [0.5, 0.6) is 0 Å². The Morgan fingerprint density at radius 3 is 2.45 bits per heavy atom. The van der Waals surface area contributed by atoms with Gasteiger partial charge in [-0.2, -0.15) is 8.42 Å². The van der Waals surface area contributed by atoms with E-state index >= 15 is 0 Å². The van der Waals surface area contributed by atoms with Crippen molar-refractivity contribution in [3.05, 3.63) is 5.01 Å². The molecule has 0 radical (unpaired) electrons. The summed E-state index contributed by atoms with van der Waals surface area (Å²) in [6, 6.07) is 0. The lowest BCUT2D eigenvalue weighted by atomic mass is 10.9. The maximum atomic E-state index is 10.9. The van der Waals surface area contributed by atoms with Crippen LogP contribution in [-0.4, -0.2) is 25.7 Å². The highest BCUT2D eigenvalue weighted by Gasteiger charge is 2.17. The van der Waals surface area contributed by atoms with Gasteiger partial charge in [0.25, 0.3) is 4.34 Å². The van der Waals surface area contributed by atoms with Crippen molar-refractivity contribution in [1.29, 1.82) is 0 Å². The van der Waals surface area contributed by atoms with Gasteiger partial charge in [0.05, 0.1) is 7.11 Å². The third-order valence-electron chi connectivity index (χ3n) is 0.941. The number of hydrogen-bond acceptors (Lipinski definition) is 6. The molecular formula is C4H6N2O3S2. The van der Waals surface area contributed by atoms with E-state index in [0.29, 0.717) is 5.01 Å². The third kappa shape index (κ3) is 1.73. The zero-order chi connectivity index (χ0) is 8.48. The largest absolute Gasteiger partial charge is 0.326 e. The second kappa shape index (κ2) is 2.84. The van der Waals surface area contributed by atoms with Crippen LogP contribution < -0.4 is 0 Å². The molecule has 0 fully saturated rings. The monoisotopic (exact) mass is 194 g/mol. The second-order valence-corrected chi connectivity index (χ2v) is 4.78. The van der Waals surface area contributed by atoms with Gasteiger partial charge in [-0.25, -0.2) is 0 Å². The Bertz CT molecular complexity index is 342. The number of aromatic nitrogens is 2. The summed E-state index contributed by atoms with van der Waals surface area (Å²) in [7, 11) is -2.54. The van der Waals surface area contributed by atoms with Crippen molar-refractivity contribution in [1.82, 2.24) is 10.2 Å². The molecule has 0 bridgehead atoms. The number of hydrogen-bond donors (Lipinski definition) is 0. The molecule has 0 atom stereocenters. The fourth-order valence-corrected chi connectivity index (χ4v) is 2.12. The van der Waals surface area contributed by atoms with Gasteiger partial charge in [0.15, 0.2) is 0 Å². The maximum absolute atomic E-state index is 10.9. The normalized spacial score (nSPS) is 11.8. The van der Waals surface area contributed by atoms with E-state index < -0.39 is 10.1 Å². The molecule has 7 heteroatoms. The van der Waals surface area contributed by atoms with Crippen molar-refractivity contribution in [3.63, 3.8) is 0 Å². The van der Waals surface area contributed by atoms with Gasteiger partial charge in [-0.3, -0.25) is 4.18 Å². The molecule has 5 nitrogen and oxygen atoms in total. The molecule has 0 aromatic carbocycles. The van der Waals surface area contributed by atoms with Crippen LogP contribution in [0.25, 0.3) is 0 Å². The molecule has 0 spiro atoms. The Hall–Kier alpha value is -0.530. The van der Waals surface area contributed by atoms with Crippen molar-refractivity contribution in [2.24, 2.45) is 0 Å².